The minimum Gasteiger partial charge on any atom is -0.486 e. The summed E-state index contributed by atoms with van der Waals surface area (Å²) in [6.45, 7) is 3.62. The summed E-state index contributed by atoms with van der Waals surface area (Å²) in [6.07, 6.45) is 1.68. The number of amides is 1. The van der Waals surface area contributed by atoms with E-state index in [1.807, 2.05) is 30.3 Å². The molecule has 0 atom stereocenters. The van der Waals surface area contributed by atoms with E-state index in [1.165, 1.54) is 0 Å². The summed E-state index contributed by atoms with van der Waals surface area (Å²) >= 11 is 0. The number of benzene rings is 2. The molecule has 2 heterocycles. The Morgan fingerprint density at radius 2 is 1.57 bits per heavy atom. The molecule has 2 aromatic carbocycles. The van der Waals surface area contributed by atoms with Gasteiger partial charge in [-0.1, -0.05) is 12.1 Å². The molecule has 6 nitrogen and oxygen atoms in total. The van der Waals surface area contributed by atoms with E-state index >= 15 is 0 Å². The lowest BCUT2D eigenvalue weighted by atomic mass is 9.88. The highest BCUT2D eigenvalue weighted by atomic mass is 16.6. The van der Waals surface area contributed by atoms with Gasteiger partial charge in [-0.2, -0.15) is 0 Å². The topological polar surface area (TPSA) is 81.9 Å². The summed E-state index contributed by atoms with van der Waals surface area (Å²) in [5.74, 6) is 1.18. The molecule has 146 valence electrons. The molecule has 1 fully saturated rings. The van der Waals surface area contributed by atoms with E-state index in [1.54, 1.807) is 12.1 Å². The van der Waals surface area contributed by atoms with Crippen molar-refractivity contribution in [3.05, 3.63) is 59.2 Å². The van der Waals surface area contributed by atoms with Crippen LogP contribution in [0.2, 0.25) is 0 Å². The zero-order valence-corrected chi connectivity index (χ0v) is 15.7. The normalized spacial score (nSPS) is 17.3. The largest absolute Gasteiger partial charge is 0.486 e. The Morgan fingerprint density at radius 1 is 0.929 bits per heavy atom. The van der Waals surface area contributed by atoms with Gasteiger partial charge < -0.3 is 15.2 Å². The minimum atomic E-state index is -0.412. The molecule has 4 rings (SSSR count). The van der Waals surface area contributed by atoms with Gasteiger partial charge in [-0.25, -0.2) is 0 Å². The number of nitrogens with zero attached hydrogens (tertiary/aromatic N) is 1. The van der Waals surface area contributed by atoms with Crippen LogP contribution in [0.15, 0.2) is 42.5 Å². The van der Waals surface area contributed by atoms with Crippen molar-refractivity contribution in [2.75, 3.05) is 26.3 Å². The van der Waals surface area contributed by atoms with Gasteiger partial charge in [0.1, 0.15) is 13.2 Å². The fourth-order valence-corrected chi connectivity index (χ4v) is 3.82. The molecule has 2 aliphatic heterocycles. The zero-order chi connectivity index (χ0) is 19.5. The number of Topliss-reactive ketones (excluding diaryl/α,β-unsaturated/α-hetero) is 1. The molecule has 2 aliphatic rings. The number of hydrogen-bond acceptors (Lipinski definition) is 5. The van der Waals surface area contributed by atoms with Gasteiger partial charge in [0.2, 0.25) is 5.91 Å². The smallest absolute Gasteiger partial charge is 0.248 e. The third-order valence-electron chi connectivity index (χ3n) is 5.43. The van der Waals surface area contributed by atoms with E-state index in [9.17, 15) is 9.59 Å². The van der Waals surface area contributed by atoms with Gasteiger partial charge in [-0.15, -0.1) is 0 Å². The predicted octanol–water partition coefficient (Wildman–Crippen LogP) is 2.65. The standard InChI is InChI=1S/C22H24N2O4/c23-22(26)17-3-1-15(2-4-17)14-24-9-7-16(8-10-24)21(25)18-5-6-19-20(13-18)28-12-11-27-19/h1-6,13,16H,7-12,14H2,(H2,23,26). The number of primary amides is 1. The third-order valence-corrected chi connectivity index (χ3v) is 5.43. The molecule has 0 spiro atoms. The fourth-order valence-electron chi connectivity index (χ4n) is 3.82. The van der Waals surface area contributed by atoms with E-state index in [0.717, 1.165) is 38.0 Å². The van der Waals surface area contributed by atoms with Gasteiger partial charge in [0, 0.05) is 23.6 Å². The summed E-state index contributed by atoms with van der Waals surface area (Å²) in [5.41, 5.74) is 7.64. The second kappa shape index (κ2) is 8.02. The van der Waals surface area contributed by atoms with Gasteiger partial charge in [0.15, 0.2) is 17.3 Å². The Hall–Kier alpha value is -2.86. The van der Waals surface area contributed by atoms with Crippen molar-refractivity contribution in [1.82, 2.24) is 4.90 Å². The van der Waals surface area contributed by atoms with E-state index in [-0.39, 0.29) is 11.7 Å². The molecular formula is C22H24N2O4. The van der Waals surface area contributed by atoms with Crippen molar-refractivity contribution in [3.8, 4) is 11.5 Å². The van der Waals surface area contributed by atoms with Crippen LogP contribution >= 0.6 is 0 Å². The number of nitrogens with two attached hydrogens (primary N) is 1. The summed E-state index contributed by atoms with van der Waals surface area (Å²) in [4.78, 5) is 26.4. The van der Waals surface area contributed by atoms with Crippen LogP contribution in [-0.2, 0) is 6.54 Å². The highest BCUT2D eigenvalue weighted by Gasteiger charge is 2.27. The second-order valence-electron chi connectivity index (χ2n) is 7.33. The van der Waals surface area contributed by atoms with Crippen molar-refractivity contribution in [2.24, 2.45) is 11.7 Å². The summed E-state index contributed by atoms with van der Waals surface area (Å²) in [6, 6.07) is 12.9. The third kappa shape index (κ3) is 4.02. The fraction of sp³-hybridized carbons (Fsp3) is 0.364. The molecule has 28 heavy (non-hydrogen) atoms. The van der Waals surface area contributed by atoms with E-state index in [0.29, 0.717) is 35.8 Å². The van der Waals surface area contributed by atoms with E-state index in [2.05, 4.69) is 4.90 Å². The van der Waals surface area contributed by atoms with Crippen LogP contribution in [0.4, 0.5) is 0 Å². The molecule has 1 saturated heterocycles. The quantitative estimate of drug-likeness (QED) is 0.807. The van der Waals surface area contributed by atoms with Crippen LogP contribution in [0.5, 0.6) is 11.5 Å². The number of piperidine rings is 1. The molecule has 0 radical (unpaired) electrons. The Kier molecular flexibility index (Phi) is 5.30. The summed E-state index contributed by atoms with van der Waals surface area (Å²) < 4.78 is 11.1. The second-order valence-corrected chi connectivity index (χ2v) is 7.33. The molecule has 2 aromatic rings. The van der Waals surface area contributed by atoms with Gasteiger partial charge in [0.25, 0.3) is 0 Å². The Labute approximate surface area is 164 Å². The first-order chi connectivity index (χ1) is 13.6. The molecule has 0 unspecified atom stereocenters. The summed E-state index contributed by atoms with van der Waals surface area (Å²) in [5, 5.41) is 0. The first-order valence-corrected chi connectivity index (χ1v) is 9.65. The van der Waals surface area contributed by atoms with Gasteiger partial charge >= 0.3 is 0 Å². The van der Waals surface area contributed by atoms with Crippen LogP contribution in [0.3, 0.4) is 0 Å². The number of carbonyl (C=O) groups excluding carboxylic acids is 2. The number of hydrogen-bond donors (Lipinski definition) is 1. The SMILES string of the molecule is NC(=O)c1ccc(CN2CCC(C(=O)c3ccc4c(c3)OCCO4)CC2)cc1. The lowest BCUT2D eigenvalue weighted by Crippen LogP contribution is -2.36. The number of rotatable bonds is 5. The monoisotopic (exact) mass is 380 g/mol. The number of ether oxygens (including phenoxy) is 2. The highest BCUT2D eigenvalue weighted by Crippen LogP contribution is 2.32. The molecule has 0 aromatic heterocycles. The molecular weight excluding hydrogens is 356 g/mol. The average molecular weight is 380 g/mol. The minimum absolute atomic E-state index is 0.0380. The number of ketones is 1. The average Bonchev–Trinajstić information content (AvgIpc) is 2.74. The molecule has 0 saturated carbocycles. The Balaban J connectivity index is 1.33. The lowest BCUT2D eigenvalue weighted by Gasteiger charge is -2.31. The molecule has 1 amide bonds. The molecule has 0 aliphatic carbocycles. The lowest BCUT2D eigenvalue weighted by molar-refractivity contribution is 0.0833. The molecule has 2 N–H and O–H groups in total. The van der Waals surface area contributed by atoms with Crippen LogP contribution in [0, 0.1) is 5.92 Å². The Morgan fingerprint density at radius 3 is 2.25 bits per heavy atom. The first kappa shape index (κ1) is 18.5. The summed E-state index contributed by atoms with van der Waals surface area (Å²) in [7, 11) is 0. The maximum absolute atomic E-state index is 12.9. The van der Waals surface area contributed by atoms with Crippen molar-refractivity contribution in [3.63, 3.8) is 0 Å². The van der Waals surface area contributed by atoms with Crippen molar-refractivity contribution in [1.29, 1.82) is 0 Å². The van der Waals surface area contributed by atoms with Gasteiger partial charge in [-0.3, -0.25) is 14.5 Å². The van der Waals surface area contributed by atoms with Crippen molar-refractivity contribution < 1.29 is 19.1 Å². The highest BCUT2D eigenvalue weighted by molar-refractivity contribution is 5.98. The first-order valence-electron chi connectivity index (χ1n) is 9.65. The number of fused-ring (bicyclic) bond motifs is 1. The van der Waals surface area contributed by atoms with Crippen LogP contribution in [-0.4, -0.2) is 42.9 Å². The van der Waals surface area contributed by atoms with Crippen molar-refractivity contribution in [2.45, 2.75) is 19.4 Å². The number of likely N-dealkylation sites (tertiary alicyclic amines) is 1. The van der Waals surface area contributed by atoms with Crippen LogP contribution in [0.1, 0.15) is 39.1 Å². The molecule has 0 bridgehead atoms. The predicted molar refractivity (Wildman–Crippen MR) is 105 cm³/mol. The number of carbonyl (C=O) groups is 2. The van der Waals surface area contributed by atoms with E-state index < -0.39 is 5.91 Å². The Bertz CT molecular complexity index is 871. The maximum atomic E-state index is 12.9. The van der Waals surface area contributed by atoms with Crippen LogP contribution < -0.4 is 15.2 Å². The zero-order valence-electron chi connectivity index (χ0n) is 15.7. The van der Waals surface area contributed by atoms with Gasteiger partial charge in [0.05, 0.1) is 0 Å². The maximum Gasteiger partial charge on any atom is 0.248 e. The molecule has 6 heteroatoms. The van der Waals surface area contributed by atoms with Crippen molar-refractivity contribution >= 4 is 11.7 Å². The van der Waals surface area contributed by atoms with Gasteiger partial charge in [-0.05, 0) is 61.8 Å². The van der Waals surface area contributed by atoms with E-state index in [4.69, 9.17) is 15.2 Å². The van der Waals surface area contributed by atoms with Crippen LogP contribution in [0.25, 0.3) is 0 Å².